The van der Waals surface area contributed by atoms with E-state index in [1.807, 2.05) is 0 Å². The Hall–Kier alpha value is -4.58. The van der Waals surface area contributed by atoms with Gasteiger partial charge >= 0.3 is 0 Å². The Kier molecular flexibility index (Phi) is 6.02. The first-order valence-electron chi connectivity index (χ1n) is 12.1. The van der Waals surface area contributed by atoms with E-state index in [9.17, 15) is 34.8 Å². The molecule has 1 aromatic carbocycles. The van der Waals surface area contributed by atoms with Gasteiger partial charge in [0, 0.05) is 37.7 Å². The van der Waals surface area contributed by atoms with E-state index < -0.39 is 57.8 Å². The van der Waals surface area contributed by atoms with Crippen molar-refractivity contribution in [1.29, 1.82) is 0 Å². The maximum atomic E-state index is 14.0. The molecule has 1 amide bonds. The van der Waals surface area contributed by atoms with Crippen molar-refractivity contribution in [3.05, 3.63) is 57.8 Å². The molecule has 3 aliphatic rings. The maximum absolute atomic E-state index is 14.0. The summed E-state index contributed by atoms with van der Waals surface area (Å²) in [4.78, 5) is 45.3. The first-order valence-corrected chi connectivity index (χ1v) is 12.1. The number of benzene rings is 1. The summed E-state index contributed by atoms with van der Waals surface area (Å²) in [6.07, 6.45) is 1.29. The van der Waals surface area contributed by atoms with Crippen molar-refractivity contribution in [3.8, 4) is 17.1 Å². The van der Waals surface area contributed by atoms with Crippen LogP contribution >= 0.6 is 0 Å². The van der Waals surface area contributed by atoms with Gasteiger partial charge in [-0.2, -0.15) is 0 Å². The number of nitrogens with two attached hydrogens (primary N) is 1. The van der Waals surface area contributed by atoms with E-state index in [0.717, 1.165) is 0 Å². The van der Waals surface area contributed by atoms with Crippen LogP contribution in [0.25, 0.3) is 11.3 Å². The average molecular weight is 538 g/mol. The summed E-state index contributed by atoms with van der Waals surface area (Å²) >= 11 is 0. The van der Waals surface area contributed by atoms with Crippen molar-refractivity contribution in [3.63, 3.8) is 0 Å². The number of rotatable bonds is 5. The maximum Gasteiger partial charge on any atom is 0.255 e. The van der Waals surface area contributed by atoms with E-state index in [0.29, 0.717) is 17.0 Å². The number of oxime groups is 1. The Morgan fingerprint density at radius 2 is 1.95 bits per heavy atom. The Morgan fingerprint density at radius 1 is 1.23 bits per heavy atom. The highest BCUT2D eigenvalue weighted by Gasteiger charge is 2.59. The Bertz CT molecular complexity index is 1530. The molecule has 2 aromatic rings. The molecule has 39 heavy (non-hydrogen) atoms. The highest BCUT2D eigenvalue weighted by molar-refractivity contribution is 6.24. The number of carbonyl (C=O) groups is 3. The Morgan fingerprint density at radius 3 is 2.59 bits per heavy atom. The third kappa shape index (κ3) is 3.70. The SMILES string of the molecule is CO/N=C/c1ccc(-c2cc(N(C)C)c3c(c2O)C(=O)C2=C(O)[C@]4(O)C(=O)C(C(N)=O)=C(O)C[C@@H]4C[C@@H]2C3)o1. The molecule has 6 N–H and O–H groups in total. The van der Waals surface area contributed by atoms with Crippen molar-refractivity contribution in [2.75, 3.05) is 26.1 Å². The van der Waals surface area contributed by atoms with Crippen LogP contribution in [0.5, 0.6) is 5.75 Å². The predicted octanol–water partition coefficient (Wildman–Crippen LogP) is 1.89. The number of nitrogens with zero attached hydrogens (tertiary/aromatic N) is 2. The summed E-state index contributed by atoms with van der Waals surface area (Å²) < 4.78 is 5.75. The van der Waals surface area contributed by atoms with Crippen LogP contribution in [-0.2, 0) is 20.8 Å². The van der Waals surface area contributed by atoms with Crippen LogP contribution in [0.3, 0.4) is 0 Å². The number of phenols is 1. The van der Waals surface area contributed by atoms with Crippen LogP contribution in [-0.4, -0.2) is 70.9 Å². The van der Waals surface area contributed by atoms with E-state index >= 15 is 0 Å². The lowest BCUT2D eigenvalue weighted by atomic mass is 9.60. The normalized spacial score (nSPS) is 24.5. The lowest BCUT2D eigenvalue weighted by molar-refractivity contribution is -0.144. The molecule has 0 unspecified atom stereocenters. The zero-order valence-corrected chi connectivity index (χ0v) is 21.4. The second kappa shape index (κ2) is 9.02. The average Bonchev–Trinajstić information content (AvgIpc) is 3.33. The zero-order chi connectivity index (χ0) is 28.4. The first kappa shape index (κ1) is 26.0. The smallest absolute Gasteiger partial charge is 0.255 e. The molecule has 0 aliphatic heterocycles. The number of ketones is 2. The number of furan rings is 1. The van der Waals surface area contributed by atoms with Crippen LogP contribution in [0.15, 0.2) is 50.4 Å². The molecule has 0 fully saturated rings. The minimum atomic E-state index is -2.62. The standard InChI is InChI=1S/C27H27N3O9/c1-30(2)16-9-15(18-5-4-13(39-18)10-29-38-3)22(32)20-14(16)7-11-6-12-8-17(31)21(26(28)36)25(35)27(12,37)24(34)19(11)23(20)33/h4-5,9-12,31-32,34,37H,6-8H2,1-3H3,(H2,28,36)/b29-10+/t11-,12+,27+/m1/s1. The molecule has 12 nitrogen and oxygen atoms in total. The van der Waals surface area contributed by atoms with E-state index in [4.69, 9.17) is 10.2 Å². The molecular formula is C27H27N3O9. The van der Waals surface area contributed by atoms with E-state index in [1.54, 1.807) is 37.2 Å². The zero-order valence-electron chi connectivity index (χ0n) is 21.4. The lowest BCUT2D eigenvalue weighted by Crippen LogP contribution is -2.57. The number of aromatic hydroxyl groups is 1. The van der Waals surface area contributed by atoms with E-state index in [1.165, 1.54) is 13.3 Å². The summed E-state index contributed by atoms with van der Waals surface area (Å²) in [7, 11) is 4.92. The van der Waals surface area contributed by atoms with Crippen LogP contribution in [0.2, 0.25) is 0 Å². The van der Waals surface area contributed by atoms with E-state index in [2.05, 4.69) is 9.99 Å². The van der Waals surface area contributed by atoms with Crippen LogP contribution in [0, 0.1) is 11.8 Å². The van der Waals surface area contributed by atoms with Gasteiger partial charge in [0.2, 0.25) is 5.78 Å². The fourth-order valence-electron chi connectivity index (χ4n) is 5.93. The van der Waals surface area contributed by atoms with Gasteiger partial charge in [0.15, 0.2) is 11.4 Å². The number of primary amides is 1. The number of fused-ring (bicyclic) bond motifs is 3. The minimum Gasteiger partial charge on any atom is -0.511 e. The molecule has 1 aromatic heterocycles. The van der Waals surface area contributed by atoms with E-state index in [-0.39, 0.29) is 41.7 Å². The molecule has 0 saturated heterocycles. The van der Waals surface area contributed by atoms with Gasteiger partial charge in [0.05, 0.1) is 11.1 Å². The van der Waals surface area contributed by atoms with Crippen molar-refractivity contribution < 1.29 is 44.1 Å². The van der Waals surface area contributed by atoms with Gasteiger partial charge < -0.3 is 40.3 Å². The molecule has 1 heterocycles. The number of aliphatic hydroxyl groups is 3. The predicted molar refractivity (Wildman–Crippen MR) is 137 cm³/mol. The number of Topliss-reactive ketones (excluding diaryl/α,β-unsaturated/α-hetero) is 2. The molecular weight excluding hydrogens is 510 g/mol. The van der Waals surface area contributed by atoms with Crippen molar-refractivity contribution in [2.45, 2.75) is 24.9 Å². The number of allylic oxidation sites excluding steroid dienone is 2. The third-order valence-corrected chi connectivity index (χ3v) is 7.70. The van der Waals surface area contributed by atoms with Gasteiger partial charge in [-0.05, 0) is 42.5 Å². The molecule has 3 aliphatic carbocycles. The number of anilines is 1. The Labute approximate surface area is 222 Å². The molecule has 0 spiro atoms. The fraction of sp³-hybridized carbons (Fsp3) is 0.333. The van der Waals surface area contributed by atoms with Crippen molar-refractivity contribution in [1.82, 2.24) is 0 Å². The highest BCUT2D eigenvalue weighted by Crippen LogP contribution is 2.53. The summed E-state index contributed by atoms with van der Waals surface area (Å²) in [5, 5.41) is 48.0. The minimum absolute atomic E-state index is 0.0542. The lowest BCUT2D eigenvalue weighted by Gasteiger charge is -2.45. The van der Waals surface area contributed by atoms with Gasteiger partial charge in [-0.25, -0.2) is 0 Å². The third-order valence-electron chi connectivity index (χ3n) is 7.70. The second-order valence-corrected chi connectivity index (χ2v) is 10.1. The second-order valence-electron chi connectivity index (χ2n) is 10.1. The number of amides is 1. The Balaban J connectivity index is 1.69. The molecule has 5 rings (SSSR count). The molecule has 12 heteroatoms. The number of carbonyl (C=O) groups excluding carboxylic acids is 3. The number of aliphatic hydroxyl groups excluding tert-OH is 2. The van der Waals surface area contributed by atoms with Crippen LogP contribution < -0.4 is 10.6 Å². The topological polar surface area (TPSA) is 196 Å². The molecule has 0 bridgehead atoms. The quantitative estimate of drug-likeness (QED) is 0.213. The van der Waals surface area contributed by atoms with Gasteiger partial charge in [0.1, 0.15) is 47.7 Å². The fourth-order valence-corrected chi connectivity index (χ4v) is 5.93. The van der Waals surface area contributed by atoms with Gasteiger partial charge in [-0.15, -0.1) is 0 Å². The largest absolute Gasteiger partial charge is 0.511 e. The summed E-state index contributed by atoms with van der Waals surface area (Å²) in [6.45, 7) is 0. The molecule has 3 atom stereocenters. The molecule has 0 saturated carbocycles. The van der Waals surface area contributed by atoms with Crippen LogP contribution in [0.4, 0.5) is 5.69 Å². The number of hydrogen-bond donors (Lipinski definition) is 5. The summed E-state index contributed by atoms with van der Waals surface area (Å²) in [5.41, 5.74) is 2.82. The van der Waals surface area contributed by atoms with Crippen molar-refractivity contribution in [2.24, 2.45) is 22.7 Å². The monoisotopic (exact) mass is 537 g/mol. The van der Waals surface area contributed by atoms with Gasteiger partial charge in [-0.1, -0.05) is 5.16 Å². The van der Waals surface area contributed by atoms with Crippen molar-refractivity contribution >= 4 is 29.4 Å². The molecule has 0 radical (unpaired) electrons. The van der Waals surface area contributed by atoms with Crippen LogP contribution in [0.1, 0.15) is 34.5 Å². The number of hydrogen-bond acceptors (Lipinski definition) is 11. The summed E-state index contributed by atoms with van der Waals surface area (Å²) in [5.74, 6) is -6.21. The number of phenolic OH excluding ortho intramolecular Hbond substituents is 1. The molecule has 204 valence electrons. The summed E-state index contributed by atoms with van der Waals surface area (Å²) in [6, 6.07) is 4.87. The highest BCUT2D eigenvalue weighted by atomic mass is 16.6. The van der Waals surface area contributed by atoms with Gasteiger partial charge in [0.25, 0.3) is 5.91 Å². The first-order chi connectivity index (χ1) is 18.4. The van der Waals surface area contributed by atoms with Gasteiger partial charge in [-0.3, -0.25) is 14.4 Å².